The van der Waals surface area contributed by atoms with Crippen molar-refractivity contribution >= 4 is 41.5 Å². The van der Waals surface area contributed by atoms with Crippen LogP contribution in [0.2, 0.25) is 0 Å². The summed E-state index contributed by atoms with van der Waals surface area (Å²) in [5.74, 6) is 0.635. The van der Waals surface area contributed by atoms with E-state index in [9.17, 15) is 10.00 Å². The summed E-state index contributed by atoms with van der Waals surface area (Å²) in [5.41, 5.74) is 12.3. The molecule has 5 atom stereocenters. The molecule has 4 rings (SSSR count). The lowest BCUT2D eigenvalue weighted by Crippen LogP contribution is -2.39. The number of nitrogens with two attached hydrogens (primary N) is 2. The number of hydrogen-bond acceptors (Lipinski definition) is 11. The van der Waals surface area contributed by atoms with E-state index >= 15 is 0 Å². The Balaban J connectivity index is 1.69. The molecule has 0 amide bonds. The number of fused-ring (bicyclic) bond motifs is 2. The monoisotopic (exact) mass is 431 g/mol. The molecule has 154 valence electrons. The predicted octanol–water partition coefficient (Wildman–Crippen LogP) is -0.550. The lowest BCUT2D eigenvalue weighted by atomic mass is 10.1. The molecule has 0 saturated carbocycles. The summed E-state index contributed by atoms with van der Waals surface area (Å²) in [5, 5.41) is 14.0. The van der Waals surface area contributed by atoms with E-state index in [0.29, 0.717) is 30.2 Å². The van der Waals surface area contributed by atoms with Crippen LogP contribution in [0, 0.1) is 0 Å². The lowest BCUT2D eigenvalue weighted by molar-refractivity contribution is -0.0586. The van der Waals surface area contributed by atoms with E-state index in [1.165, 1.54) is 6.33 Å². The maximum atomic E-state index is 10.8. The highest BCUT2D eigenvalue weighted by atomic mass is 32.5. The van der Waals surface area contributed by atoms with Gasteiger partial charge in [-0.1, -0.05) is 0 Å². The van der Waals surface area contributed by atoms with Crippen LogP contribution in [0.25, 0.3) is 11.2 Å². The van der Waals surface area contributed by atoms with Crippen molar-refractivity contribution in [3.8, 4) is 0 Å². The van der Waals surface area contributed by atoms with E-state index in [4.69, 9.17) is 37.1 Å². The highest BCUT2D eigenvalue weighted by Gasteiger charge is 2.51. The summed E-state index contributed by atoms with van der Waals surface area (Å²) < 4.78 is 18.1. The number of aliphatic hydroxyl groups is 1. The zero-order valence-corrected chi connectivity index (χ0v) is 16.6. The third-order valence-electron chi connectivity index (χ3n) is 4.64. The van der Waals surface area contributed by atoms with Gasteiger partial charge in [0.15, 0.2) is 23.2 Å². The summed E-state index contributed by atoms with van der Waals surface area (Å²) in [7, 11) is 0. The van der Waals surface area contributed by atoms with E-state index in [1.807, 2.05) is 0 Å². The summed E-state index contributed by atoms with van der Waals surface area (Å²) >= 11 is 4.89. The van der Waals surface area contributed by atoms with E-state index in [1.54, 1.807) is 4.57 Å². The SMILES string of the molecule is NCCCCNc1nc2c(N)ncnc2n1[C@@H]1O[C@@H]2COP(O)(=S)O[C@H]2[C@H]1O. The number of unbranched alkanes of at least 4 members (excludes halogenated alkanes) is 1. The van der Waals surface area contributed by atoms with Crippen molar-refractivity contribution in [3.05, 3.63) is 6.33 Å². The summed E-state index contributed by atoms with van der Waals surface area (Å²) in [6.07, 6.45) is -0.417. The second-order valence-corrected chi connectivity index (χ2v) is 9.34. The Hall–Kier alpha value is -1.44. The van der Waals surface area contributed by atoms with Crippen molar-refractivity contribution in [2.24, 2.45) is 5.73 Å². The number of rotatable bonds is 6. The molecular formula is C14H22N7O5PS. The number of nitrogen functional groups attached to an aromatic ring is 1. The van der Waals surface area contributed by atoms with Crippen LogP contribution in [-0.2, 0) is 25.6 Å². The van der Waals surface area contributed by atoms with Crippen LogP contribution in [0.3, 0.4) is 0 Å². The zero-order chi connectivity index (χ0) is 19.9. The largest absolute Gasteiger partial charge is 0.386 e. The Labute approximate surface area is 165 Å². The molecule has 12 nitrogen and oxygen atoms in total. The third kappa shape index (κ3) is 3.60. The van der Waals surface area contributed by atoms with E-state index in [0.717, 1.165) is 12.8 Å². The number of aromatic nitrogens is 4. The highest BCUT2D eigenvalue weighted by molar-refractivity contribution is 8.07. The molecule has 2 aromatic rings. The summed E-state index contributed by atoms with van der Waals surface area (Å²) in [6, 6.07) is 0. The number of imidazole rings is 1. The standard InChI is InChI=1S/C14H22N7O5PS/c15-3-1-2-4-17-14-20-8-11(16)18-6-19-12(8)21(14)13-9(22)10-7(25-13)5-24-27(23,28)26-10/h6-7,9-10,13,22H,1-5,15H2,(H,17,20)(H,23,28)(H2,16,18,19)/t7-,9-,10-,13-,27?/m1/s1. The third-order valence-corrected chi connectivity index (χ3v) is 6.20. The summed E-state index contributed by atoms with van der Waals surface area (Å²) in [6.45, 7) is -2.17. The molecule has 7 N–H and O–H groups in total. The highest BCUT2D eigenvalue weighted by Crippen LogP contribution is 2.53. The van der Waals surface area contributed by atoms with Gasteiger partial charge in [0.05, 0.1) is 6.61 Å². The van der Waals surface area contributed by atoms with Crippen molar-refractivity contribution < 1.29 is 23.8 Å². The average Bonchev–Trinajstić information content (AvgIpc) is 3.17. The fraction of sp³-hybridized carbons (Fsp3) is 0.643. The van der Waals surface area contributed by atoms with Gasteiger partial charge < -0.3 is 36.0 Å². The van der Waals surface area contributed by atoms with Gasteiger partial charge in [0, 0.05) is 6.54 Å². The fourth-order valence-corrected chi connectivity index (χ4v) is 4.76. The molecule has 14 heteroatoms. The van der Waals surface area contributed by atoms with E-state index in [2.05, 4.69) is 20.3 Å². The predicted molar refractivity (Wildman–Crippen MR) is 104 cm³/mol. The van der Waals surface area contributed by atoms with Crippen LogP contribution in [0.15, 0.2) is 6.33 Å². The van der Waals surface area contributed by atoms with Crippen LogP contribution < -0.4 is 16.8 Å². The Morgan fingerprint density at radius 1 is 1.39 bits per heavy atom. The number of nitrogens with one attached hydrogen (secondary N) is 1. The van der Waals surface area contributed by atoms with Crippen LogP contribution in [0.1, 0.15) is 19.1 Å². The van der Waals surface area contributed by atoms with Gasteiger partial charge in [-0.05, 0) is 31.2 Å². The summed E-state index contributed by atoms with van der Waals surface area (Å²) in [4.78, 5) is 22.6. The van der Waals surface area contributed by atoms with Gasteiger partial charge in [-0.3, -0.25) is 9.09 Å². The van der Waals surface area contributed by atoms with Crippen LogP contribution in [-0.4, -0.2) is 67.5 Å². The molecular weight excluding hydrogens is 409 g/mol. The minimum Gasteiger partial charge on any atom is -0.386 e. The maximum Gasteiger partial charge on any atom is 0.325 e. The molecule has 2 fully saturated rings. The number of hydrogen-bond donors (Lipinski definition) is 5. The van der Waals surface area contributed by atoms with Gasteiger partial charge in [-0.2, -0.15) is 0 Å². The first-order valence-electron chi connectivity index (χ1n) is 8.83. The Bertz CT molecular complexity index is 914. The molecule has 2 saturated heterocycles. The van der Waals surface area contributed by atoms with E-state index in [-0.39, 0.29) is 12.4 Å². The van der Waals surface area contributed by atoms with Gasteiger partial charge >= 0.3 is 6.72 Å². The minimum absolute atomic E-state index is 0.0228. The molecule has 0 radical (unpaired) electrons. The molecule has 0 aliphatic carbocycles. The molecule has 0 aromatic carbocycles. The molecule has 2 aromatic heterocycles. The second-order valence-electron chi connectivity index (χ2n) is 6.55. The van der Waals surface area contributed by atoms with Gasteiger partial charge in [-0.15, -0.1) is 0 Å². The minimum atomic E-state index is -3.40. The first kappa shape index (κ1) is 19.9. The molecule has 4 heterocycles. The molecule has 0 spiro atoms. The average molecular weight is 431 g/mol. The van der Waals surface area contributed by atoms with Crippen molar-refractivity contribution in [2.45, 2.75) is 37.4 Å². The second kappa shape index (κ2) is 7.76. The number of aliphatic hydroxyl groups excluding tert-OH is 1. The first-order valence-corrected chi connectivity index (χ1v) is 11.4. The zero-order valence-electron chi connectivity index (χ0n) is 14.8. The fourth-order valence-electron chi connectivity index (χ4n) is 3.31. The Morgan fingerprint density at radius 2 is 2.21 bits per heavy atom. The Kier molecular flexibility index (Phi) is 5.51. The van der Waals surface area contributed by atoms with Gasteiger partial charge in [0.2, 0.25) is 5.95 Å². The van der Waals surface area contributed by atoms with Crippen molar-refractivity contribution in [1.82, 2.24) is 19.5 Å². The van der Waals surface area contributed by atoms with Gasteiger partial charge in [0.25, 0.3) is 0 Å². The van der Waals surface area contributed by atoms with E-state index < -0.39 is 31.3 Å². The first-order chi connectivity index (χ1) is 13.4. The van der Waals surface area contributed by atoms with Gasteiger partial charge in [0.1, 0.15) is 24.6 Å². The number of nitrogens with zero attached hydrogens (tertiary/aromatic N) is 4. The topological polar surface area (TPSA) is 176 Å². The molecule has 1 unspecified atom stereocenters. The van der Waals surface area contributed by atoms with Crippen molar-refractivity contribution in [1.29, 1.82) is 0 Å². The Morgan fingerprint density at radius 3 is 3.00 bits per heavy atom. The molecule has 28 heavy (non-hydrogen) atoms. The molecule has 2 aliphatic heterocycles. The number of ether oxygens (including phenoxy) is 1. The molecule has 0 bridgehead atoms. The van der Waals surface area contributed by atoms with Crippen LogP contribution >= 0.6 is 6.72 Å². The smallest absolute Gasteiger partial charge is 0.325 e. The molecule has 2 aliphatic rings. The van der Waals surface area contributed by atoms with Crippen molar-refractivity contribution in [3.63, 3.8) is 0 Å². The van der Waals surface area contributed by atoms with Crippen molar-refractivity contribution in [2.75, 3.05) is 30.7 Å². The van der Waals surface area contributed by atoms with Crippen LogP contribution in [0.5, 0.6) is 0 Å². The quantitative estimate of drug-likeness (QED) is 0.292. The lowest BCUT2D eigenvalue weighted by Gasteiger charge is -2.30. The normalized spacial score (nSPS) is 32.5. The van der Waals surface area contributed by atoms with Crippen LogP contribution in [0.4, 0.5) is 11.8 Å². The maximum absolute atomic E-state index is 10.8. The van der Waals surface area contributed by atoms with Gasteiger partial charge in [-0.25, -0.2) is 15.0 Å². The number of anilines is 2.